The summed E-state index contributed by atoms with van der Waals surface area (Å²) in [4.78, 5) is 36.5. The Hall–Kier alpha value is -3.16. The molecule has 0 aliphatic carbocycles. The molecule has 0 atom stereocenters. The third-order valence-electron chi connectivity index (χ3n) is 5.01. The maximum atomic E-state index is 12.8. The molecule has 0 saturated carbocycles. The molecule has 2 aromatic rings. The Bertz CT molecular complexity index is 805. The Balaban J connectivity index is 1.44. The minimum absolute atomic E-state index is 0.0315. The van der Waals surface area contributed by atoms with Crippen molar-refractivity contribution >= 4 is 17.9 Å². The summed E-state index contributed by atoms with van der Waals surface area (Å²) in [6.07, 6.45) is 7.80. The molecule has 3 rings (SSSR count). The quantitative estimate of drug-likeness (QED) is 0.673. The minimum Gasteiger partial charge on any atom is -0.494 e. The number of urea groups is 1. The van der Waals surface area contributed by atoms with E-state index in [2.05, 4.69) is 22.2 Å². The van der Waals surface area contributed by atoms with Crippen LogP contribution in [0.5, 0.6) is 5.75 Å². The van der Waals surface area contributed by atoms with Gasteiger partial charge in [-0.05, 0) is 36.8 Å². The second-order valence-corrected chi connectivity index (χ2v) is 7.22. The van der Waals surface area contributed by atoms with Crippen molar-refractivity contribution in [3.8, 4) is 5.75 Å². The van der Waals surface area contributed by atoms with Gasteiger partial charge in [0.05, 0.1) is 6.61 Å². The van der Waals surface area contributed by atoms with E-state index in [9.17, 15) is 9.59 Å². The first-order valence-corrected chi connectivity index (χ1v) is 10.5. The normalized spacial score (nSPS) is 13.8. The number of unbranched alkanes of at least 4 members (excludes halogenated alkanes) is 3. The number of hydrogen-bond donors (Lipinski definition) is 1. The van der Waals surface area contributed by atoms with Crippen molar-refractivity contribution in [3.63, 3.8) is 0 Å². The molecule has 0 unspecified atom stereocenters. The van der Waals surface area contributed by atoms with Gasteiger partial charge in [0.2, 0.25) is 5.95 Å². The van der Waals surface area contributed by atoms with Crippen LogP contribution in [0.2, 0.25) is 0 Å². The Morgan fingerprint density at radius 1 is 0.967 bits per heavy atom. The van der Waals surface area contributed by atoms with E-state index in [0.717, 1.165) is 12.2 Å². The molecule has 30 heavy (non-hydrogen) atoms. The van der Waals surface area contributed by atoms with Gasteiger partial charge in [-0.1, -0.05) is 26.2 Å². The SMILES string of the molecule is CCCCCCOc1ccc(C(=O)N2CCN(C(=O)Nc3ncccn3)CC2)cc1. The zero-order valence-electron chi connectivity index (χ0n) is 17.4. The largest absolute Gasteiger partial charge is 0.494 e. The van der Waals surface area contributed by atoms with Gasteiger partial charge in [0.25, 0.3) is 5.91 Å². The molecule has 8 heteroatoms. The minimum atomic E-state index is -0.256. The lowest BCUT2D eigenvalue weighted by Gasteiger charge is -2.34. The van der Waals surface area contributed by atoms with Gasteiger partial charge in [-0.2, -0.15) is 0 Å². The number of rotatable bonds is 8. The number of nitrogens with one attached hydrogen (secondary N) is 1. The topological polar surface area (TPSA) is 87.7 Å². The fraction of sp³-hybridized carbons (Fsp3) is 0.455. The maximum absolute atomic E-state index is 12.8. The van der Waals surface area contributed by atoms with E-state index < -0.39 is 0 Å². The molecule has 160 valence electrons. The molecule has 1 saturated heterocycles. The zero-order valence-corrected chi connectivity index (χ0v) is 17.4. The number of amides is 3. The van der Waals surface area contributed by atoms with Gasteiger partial charge >= 0.3 is 6.03 Å². The van der Waals surface area contributed by atoms with E-state index in [0.29, 0.717) is 38.3 Å². The smallest absolute Gasteiger partial charge is 0.324 e. The molecule has 8 nitrogen and oxygen atoms in total. The van der Waals surface area contributed by atoms with E-state index in [4.69, 9.17) is 4.74 Å². The Labute approximate surface area is 177 Å². The van der Waals surface area contributed by atoms with Crippen molar-refractivity contribution in [3.05, 3.63) is 48.3 Å². The molecule has 2 heterocycles. The molecule has 1 fully saturated rings. The van der Waals surface area contributed by atoms with Crippen LogP contribution in [-0.2, 0) is 0 Å². The third-order valence-corrected chi connectivity index (χ3v) is 5.01. The first kappa shape index (κ1) is 21.5. The van der Waals surface area contributed by atoms with Crippen LogP contribution in [0.1, 0.15) is 43.0 Å². The summed E-state index contributed by atoms with van der Waals surface area (Å²) in [6, 6.07) is 8.72. The van der Waals surface area contributed by atoms with Crippen LogP contribution < -0.4 is 10.1 Å². The summed E-state index contributed by atoms with van der Waals surface area (Å²) in [5, 5.41) is 2.67. The highest BCUT2D eigenvalue weighted by Crippen LogP contribution is 2.16. The highest BCUT2D eigenvalue weighted by Gasteiger charge is 2.25. The van der Waals surface area contributed by atoms with Crippen molar-refractivity contribution in [2.24, 2.45) is 0 Å². The molecule has 0 spiro atoms. The molecular weight excluding hydrogens is 382 g/mol. The van der Waals surface area contributed by atoms with E-state index >= 15 is 0 Å². The van der Waals surface area contributed by atoms with Crippen LogP contribution in [0.4, 0.5) is 10.7 Å². The number of anilines is 1. The van der Waals surface area contributed by atoms with Crippen molar-refractivity contribution in [1.82, 2.24) is 19.8 Å². The van der Waals surface area contributed by atoms with E-state index in [1.807, 2.05) is 12.1 Å². The predicted octanol–water partition coefficient (Wildman–Crippen LogP) is 3.43. The van der Waals surface area contributed by atoms with Gasteiger partial charge in [0.15, 0.2) is 0 Å². The van der Waals surface area contributed by atoms with Gasteiger partial charge in [0.1, 0.15) is 5.75 Å². The van der Waals surface area contributed by atoms with Crippen molar-refractivity contribution in [1.29, 1.82) is 0 Å². The van der Waals surface area contributed by atoms with Gasteiger partial charge in [-0.25, -0.2) is 14.8 Å². The third kappa shape index (κ3) is 6.17. The molecular formula is C22H29N5O3. The van der Waals surface area contributed by atoms with Crippen LogP contribution in [0.15, 0.2) is 42.7 Å². The number of benzene rings is 1. The van der Waals surface area contributed by atoms with E-state index in [1.54, 1.807) is 40.4 Å². The molecule has 1 N–H and O–H groups in total. The highest BCUT2D eigenvalue weighted by atomic mass is 16.5. The molecule has 3 amide bonds. The molecule has 0 radical (unpaired) electrons. The average molecular weight is 412 g/mol. The summed E-state index contributed by atoms with van der Waals surface area (Å²) in [7, 11) is 0. The number of aromatic nitrogens is 2. The first-order chi connectivity index (χ1) is 14.7. The number of carbonyl (C=O) groups excluding carboxylic acids is 2. The molecule has 1 aromatic heterocycles. The second kappa shape index (κ2) is 11.1. The summed E-state index contributed by atoms with van der Waals surface area (Å²) >= 11 is 0. The summed E-state index contributed by atoms with van der Waals surface area (Å²) in [6.45, 7) is 4.78. The Kier molecular flexibility index (Phi) is 8.00. The fourth-order valence-electron chi connectivity index (χ4n) is 3.25. The van der Waals surface area contributed by atoms with Crippen molar-refractivity contribution in [2.45, 2.75) is 32.6 Å². The monoisotopic (exact) mass is 411 g/mol. The standard InChI is InChI=1S/C22H29N5O3/c1-2-3-4-5-17-30-19-9-7-18(8-10-19)20(28)26-13-15-27(16-14-26)22(29)25-21-23-11-6-12-24-21/h6-12H,2-5,13-17H2,1H3,(H,23,24,25,29). The first-order valence-electron chi connectivity index (χ1n) is 10.5. The summed E-state index contributed by atoms with van der Waals surface area (Å²) in [5.74, 6) is 1.03. The van der Waals surface area contributed by atoms with Crippen LogP contribution in [-0.4, -0.2) is 64.5 Å². The number of carbonyl (C=O) groups is 2. The Morgan fingerprint density at radius 3 is 2.30 bits per heavy atom. The number of ether oxygens (including phenoxy) is 1. The summed E-state index contributed by atoms with van der Waals surface area (Å²) < 4.78 is 5.74. The number of hydrogen-bond acceptors (Lipinski definition) is 5. The molecule has 1 aliphatic rings. The maximum Gasteiger partial charge on any atom is 0.324 e. The fourth-order valence-corrected chi connectivity index (χ4v) is 3.25. The molecule has 1 aromatic carbocycles. The zero-order chi connectivity index (χ0) is 21.2. The van der Waals surface area contributed by atoms with Crippen LogP contribution in [0.3, 0.4) is 0 Å². The van der Waals surface area contributed by atoms with Gasteiger partial charge < -0.3 is 14.5 Å². The Morgan fingerprint density at radius 2 is 1.63 bits per heavy atom. The van der Waals surface area contributed by atoms with Crippen molar-refractivity contribution in [2.75, 3.05) is 38.1 Å². The van der Waals surface area contributed by atoms with E-state index in [-0.39, 0.29) is 17.9 Å². The summed E-state index contributed by atoms with van der Waals surface area (Å²) in [5.41, 5.74) is 0.629. The lowest BCUT2D eigenvalue weighted by molar-refractivity contribution is 0.0671. The van der Waals surface area contributed by atoms with Crippen molar-refractivity contribution < 1.29 is 14.3 Å². The van der Waals surface area contributed by atoms with Gasteiger partial charge in [-0.3, -0.25) is 10.1 Å². The lowest BCUT2D eigenvalue weighted by Crippen LogP contribution is -2.51. The van der Waals surface area contributed by atoms with Crippen LogP contribution >= 0.6 is 0 Å². The van der Waals surface area contributed by atoms with Crippen LogP contribution in [0, 0.1) is 0 Å². The number of nitrogens with zero attached hydrogens (tertiary/aromatic N) is 4. The van der Waals surface area contributed by atoms with Gasteiger partial charge in [-0.15, -0.1) is 0 Å². The second-order valence-electron chi connectivity index (χ2n) is 7.22. The van der Waals surface area contributed by atoms with Gasteiger partial charge in [0, 0.05) is 44.1 Å². The number of piperazine rings is 1. The molecule has 1 aliphatic heterocycles. The lowest BCUT2D eigenvalue weighted by atomic mass is 10.1. The predicted molar refractivity (Wildman–Crippen MR) is 115 cm³/mol. The van der Waals surface area contributed by atoms with E-state index in [1.165, 1.54) is 19.3 Å². The highest BCUT2D eigenvalue weighted by molar-refractivity contribution is 5.94. The molecule has 0 bridgehead atoms. The average Bonchev–Trinajstić information content (AvgIpc) is 2.80. The van der Waals surface area contributed by atoms with Crippen LogP contribution in [0.25, 0.3) is 0 Å².